The van der Waals surface area contributed by atoms with Crippen LogP contribution < -0.4 is 4.74 Å². The van der Waals surface area contributed by atoms with Crippen molar-refractivity contribution >= 4 is 27.8 Å². The summed E-state index contributed by atoms with van der Waals surface area (Å²) in [6, 6.07) is 12.7. The van der Waals surface area contributed by atoms with Crippen molar-refractivity contribution in [1.82, 2.24) is 14.8 Å². The lowest BCUT2D eigenvalue weighted by molar-refractivity contribution is 0.0697. The first-order valence-corrected chi connectivity index (χ1v) is 11.8. The van der Waals surface area contributed by atoms with E-state index in [0.29, 0.717) is 46.1 Å². The summed E-state index contributed by atoms with van der Waals surface area (Å²) in [5.74, 6) is -2.16. The number of hydrogen-bond donors (Lipinski definition) is 2. The SMILES string of the molecule is CCC(COC)c1c(-c2ccc(C(=O)O)cc2)c2c(F)c3[nH]ncc3cc2n1-c1ccc(F)c(OC)c1. The Morgan fingerprint density at radius 2 is 1.89 bits per heavy atom. The number of aromatic nitrogens is 3. The molecule has 1 atom stereocenters. The summed E-state index contributed by atoms with van der Waals surface area (Å²) in [5, 5.41) is 17.1. The number of benzene rings is 3. The number of aromatic amines is 1. The second kappa shape index (κ2) is 9.67. The number of hydrogen-bond acceptors (Lipinski definition) is 4. The topological polar surface area (TPSA) is 89.4 Å². The molecular formula is C28H25F2N3O4. The first kappa shape index (κ1) is 24.5. The molecule has 0 saturated heterocycles. The van der Waals surface area contributed by atoms with Crippen LogP contribution in [0.5, 0.6) is 5.75 Å². The number of aromatic carboxylic acids is 1. The summed E-state index contributed by atoms with van der Waals surface area (Å²) >= 11 is 0. The lowest BCUT2D eigenvalue weighted by Crippen LogP contribution is -2.12. The van der Waals surface area contributed by atoms with Gasteiger partial charge < -0.3 is 19.1 Å². The average molecular weight is 506 g/mol. The minimum absolute atomic E-state index is 0.0577. The third-order valence-electron chi connectivity index (χ3n) is 6.70. The van der Waals surface area contributed by atoms with Crippen molar-refractivity contribution in [3.05, 3.63) is 77.6 Å². The molecule has 190 valence electrons. The maximum Gasteiger partial charge on any atom is 0.335 e. The predicted molar refractivity (Wildman–Crippen MR) is 137 cm³/mol. The van der Waals surface area contributed by atoms with Gasteiger partial charge in [-0.05, 0) is 42.3 Å². The van der Waals surface area contributed by atoms with Crippen molar-refractivity contribution in [2.24, 2.45) is 0 Å². The minimum atomic E-state index is -1.05. The number of methoxy groups -OCH3 is 2. The Morgan fingerprint density at radius 1 is 1.14 bits per heavy atom. The monoisotopic (exact) mass is 505 g/mol. The van der Waals surface area contributed by atoms with Gasteiger partial charge in [-0.25, -0.2) is 13.6 Å². The van der Waals surface area contributed by atoms with Crippen LogP contribution in [0.15, 0.2) is 54.7 Å². The summed E-state index contributed by atoms with van der Waals surface area (Å²) in [6.07, 6.45) is 2.22. The van der Waals surface area contributed by atoms with E-state index in [1.54, 1.807) is 37.6 Å². The average Bonchev–Trinajstić information content (AvgIpc) is 3.51. The molecule has 0 amide bonds. The largest absolute Gasteiger partial charge is 0.494 e. The summed E-state index contributed by atoms with van der Waals surface area (Å²) in [4.78, 5) is 11.5. The molecule has 1 unspecified atom stereocenters. The number of rotatable bonds is 8. The predicted octanol–water partition coefficient (Wildman–Crippen LogP) is 6.30. The Morgan fingerprint density at radius 3 is 2.54 bits per heavy atom. The van der Waals surface area contributed by atoms with Crippen LogP contribution in [0.2, 0.25) is 0 Å². The molecule has 2 aromatic heterocycles. The molecule has 7 nitrogen and oxygen atoms in total. The van der Waals surface area contributed by atoms with Gasteiger partial charge in [0.1, 0.15) is 5.52 Å². The number of carboxylic acid groups (broad SMARTS) is 1. The number of ether oxygens (including phenoxy) is 2. The van der Waals surface area contributed by atoms with Gasteiger partial charge in [-0.15, -0.1) is 0 Å². The van der Waals surface area contributed by atoms with E-state index in [1.165, 1.54) is 25.3 Å². The quantitative estimate of drug-likeness (QED) is 0.258. The highest BCUT2D eigenvalue weighted by Crippen LogP contribution is 2.44. The summed E-state index contributed by atoms with van der Waals surface area (Å²) in [6.45, 7) is 2.37. The molecule has 0 saturated carbocycles. The second-order valence-electron chi connectivity index (χ2n) is 8.78. The zero-order valence-electron chi connectivity index (χ0n) is 20.5. The van der Waals surface area contributed by atoms with E-state index in [-0.39, 0.29) is 22.7 Å². The standard InChI is InChI=1S/C28H25F2N3O4/c1-4-15(14-36-2)27-23(16-5-7-17(8-6-16)28(34)35)24-21(11-18-13-31-32-26(18)25(24)30)33(27)19-9-10-20(29)22(12-19)37-3/h5-13,15H,4,14H2,1-3H3,(H,31,32)(H,34,35). The van der Waals surface area contributed by atoms with Crippen molar-refractivity contribution in [3.63, 3.8) is 0 Å². The molecule has 5 aromatic rings. The highest BCUT2D eigenvalue weighted by atomic mass is 19.1. The molecule has 9 heteroatoms. The molecule has 0 fully saturated rings. The number of fused-ring (bicyclic) bond motifs is 2. The highest BCUT2D eigenvalue weighted by molar-refractivity contribution is 6.06. The first-order valence-electron chi connectivity index (χ1n) is 11.8. The van der Waals surface area contributed by atoms with Crippen molar-refractivity contribution in [1.29, 1.82) is 0 Å². The molecule has 0 aliphatic carbocycles. The van der Waals surface area contributed by atoms with E-state index in [4.69, 9.17) is 9.47 Å². The summed E-state index contributed by atoms with van der Waals surface area (Å²) in [7, 11) is 2.99. The summed E-state index contributed by atoms with van der Waals surface area (Å²) in [5.41, 5.74) is 3.54. The molecule has 0 radical (unpaired) electrons. The lowest BCUT2D eigenvalue weighted by Gasteiger charge is -2.21. The number of H-pyrrole nitrogens is 1. The first-order chi connectivity index (χ1) is 17.9. The van der Waals surface area contributed by atoms with Crippen LogP contribution in [0, 0.1) is 11.6 Å². The molecule has 37 heavy (non-hydrogen) atoms. The molecule has 3 aromatic carbocycles. The molecule has 0 aliphatic heterocycles. The van der Waals surface area contributed by atoms with E-state index >= 15 is 4.39 Å². The van der Waals surface area contributed by atoms with E-state index in [9.17, 15) is 14.3 Å². The Kier molecular flexibility index (Phi) is 6.39. The van der Waals surface area contributed by atoms with Gasteiger partial charge in [-0.2, -0.15) is 5.10 Å². The molecule has 5 rings (SSSR count). The van der Waals surface area contributed by atoms with Crippen LogP contribution in [0.1, 0.15) is 35.3 Å². The minimum Gasteiger partial charge on any atom is -0.494 e. The van der Waals surface area contributed by atoms with Crippen LogP contribution in [0.25, 0.3) is 38.6 Å². The Bertz CT molecular complexity index is 1620. The van der Waals surface area contributed by atoms with Gasteiger partial charge in [0.05, 0.1) is 31.0 Å². The van der Waals surface area contributed by atoms with Crippen LogP contribution in [-0.2, 0) is 4.74 Å². The molecule has 0 bridgehead atoms. The normalized spacial score (nSPS) is 12.4. The zero-order chi connectivity index (χ0) is 26.3. The Hall–Kier alpha value is -4.24. The number of nitrogens with one attached hydrogen (secondary N) is 1. The third-order valence-corrected chi connectivity index (χ3v) is 6.70. The molecular weight excluding hydrogens is 480 g/mol. The van der Waals surface area contributed by atoms with Crippen LogP contribution in [0.4, 0.5) is 8.78 Å². The van der Waals surface area contributed by atoms with Gasteiger partial charge in [-0.3, -0.25) is 5.10 Å². The van der Waals surface area contributed by atoms with Crippen LogP contribution >= 0.6 is 0 Å². The fraction of sp³-hybridized carbons (Fsp3) is 0.214. The van der Waals surface area contributed by atoms with Crippen LogP contribution in [-0.4, -0.2) is 46.7 Å². The lowest BCUT2D eigenvalue weighted by atomic mass is 9.92. The van der Waals surface area contributed by atoms with E-state index in [0.717, 1.165) is 5.69 Å². The molecule has 0 aliphatic rings. The molecule has 2 heterocycles. The second-order valence-corrected chi connectivity index (χ2v) is 8.78. The van der Waals surface area contributed by atoms with Gasteiger partial charge >= 0.3 is 5.97 Å². The van der Waals surface area contributed by atoms with Gasteiger partial charge in [0.25, 0.3) is 0 Å². The van der Waals surface area contributed by atoms with E-state index in [1.807, 2.05) is 17.6 Å². The smallest absolute Gasteiger partial charge is 0.335 e. The van der Waals surface area contributed by atoms with Crippen LogP contribution in [0.3, 0.4) is 0 Å². The van der Waals surface area contributed by atoms with Gasteiger partial charge in [0.2, 0.25) is 0 Å². The fourth-order valence-corrected chi connectivity index (χ4v) is 4.94. The Labute approximate surface area is 211 Å². The number of nitrogens with zero attached hydrogens (tertiary/aromatic N) is 2. The third kappa shape index (κ3) is 4.01. The van der Waals surface area contributed by atoms with Gasteiger partial charge in [-0.1, -0.05) is 19.1 Å². The maximum atomic E-state index is 16.2. The summed E-state index contributed by atoms with van der Waals surface area (Å²) < 4.78 is 43.3. The number of carboxylic acids is 1. The molecule has 0 spiro atoms. The van der Waals surface area contributed by atoms with Crippen molar-refractivity contribution in [2.45, 2.75) is 19.3 Å². The Balaban J connectivity index is 1.96. The maximum absolute atomic E-state index is 16.2. The van der Waals surface area contributed by atoms with E-state index < -0.39 is 17.6 Å². The van der Waals surface area contributed by atoms with Crippen molar-refractivity contribution in [3.8, 4) is 22.6 Å². The zero-order valence-corrected chi connectivity index (χ0v) is 20.5. The van der Waals surface area contributed by atoms with Crippen molar-refractivity contribution in [2.75, 3.05) is 20.8 Å². The van der Waals surface area contributed by atoms with Crippen molar-refractivity contribution < 1.29 is 28.2 Å². The van der Waals surface area contributed by atoms with Gasteiger partial charge in [0.15, 0.2) is 17.4 Å². The van der Waals surface area contributed by atoms with E-state index in [2.05, 4.69) is 10.2 Å². The fourth-order valence-electron chi connectivity index (χ4n) is 4.94. The number of carbonyl (C=O) groups is 1. The number of halogens is 2. The van der Waals surface area contributed by atoms with Gasteiger partial charge in [0, 0.05) is 46.8 Å². The highest BCUT2D eigenvalue weighted by Gasteiger charge is 2.29. The molecule has 2 N–H and O–H groups in total.